The summed E-state index contributed by atoms with van der Waals surface area (Å²) in [5.74, 6) is 0. The molecule has 0 atom stereocenters. The van der Waals surface area contributed by atoms with E-state index in [1.165, 1.54) is 10.8 Å². The van der Waals surface area contributed by atoms with Crippen LogP contribution in [-0.4, -0.2) is 15.0 Å². The first-order valence-corrected chi connectivity index (χ1v) is 10.4. The van der Waals surface area contributed by atoms with Gasteiger partial charge in [0.1, 0.15) is 0 Å². The summed E-state index contributed by atoms with van der Waals surface area (Å²) in [5.41, 5.74) is 8.27. The van der Waals surface area contributed by atoms with Gasteiger partial charge < -0.3 is 4.98 Å². The Morgan fingerprint density at radius 2 is 1.32 bits per heavy atom. The number of nitrogens with zero attached hydrogens (tertiary/aromatic N) is 2. The second kappa shape index (κ2) is 7.22. The van der Waals surface area contributed by atoms with Gasteiger partial charge in [-0.25, -0.2) is 4.98 Å². The lowest BCUT2D eigenvalue weighted by Crippen LogP contribution is -1.93. The summed E-state index contributed by atoms with van der Waals surface area (Å²) in [7, 11) is 0. The Morgan fingerprint density at radius 1 is 0.548 bits per heavy atom. The monoisotopic (exact) mass is 397 g/mol. The molecule has 0 aliphatic carbocycles. The van der Waals surface area contributed by atoms with Gasteiger partial charge in [-0.2, -0.15) is 0 Å². The van der Waals surface area contributed by atoms with Gasteiger partial charge >= 0.3 is 0 Å². The van der Waals surface area contributed by atoms with Gasteiger partial charge in [0, 0.05) is 28.0 Å². The van der Waals surface area contributed by atoms with Gasteiger partial charge in [0.25, 0.3) is 0 Å². The van der Waals surface area contributed by atoms with E-state index in [0.717, 1.165) is 44.8 Å². The van der Waals surface area contributed by atoms with Crippen LogP contribution < -0.4 is 0 Å². The Kier molecular flexibility index (Phi) is 4.10. The van der Waals surface area contributed by atoms with Crippen LogP contribution in [0.15, 0.2) is 109 Å². The van der Waals surface area contributed by atoms with E-state index in [9.17, 15) is 0 Å². The zero-order valence-electron chi connectivity index (χ0n) is 16.8. The van der Waals surface area contributed by atoms with Crippen LogP contribution in [0.3, 0.4) is 0 Å². The number of H-pyrrole nitrogens is 1. The maximum Gasteiger partial charge on any atom is 0.0899 e. The van der Waals surface area contributed by atoms with Crippen LogP contribution in [0.5, 0.6) is 0 Å². The highest BCUT2D eigenvalue weighted by atomic mass is 14.8. The van der Waals surface area contributed by atoms with Crippen LogP contribution in [0.25, 0.3) is 55.6 Å². The van der Waals surface area contributed by atoms with Crippen LogP contribution in [0, 0.1) is 0 Å². The minimum atomic E-state index is 0.866. The molecule has 146 valence electrons. The van der Waals surface area contributed by atoms with E-state index in [4.69, 9.17) is 4.98 Å². The highest BCUT2D eigenvalue weighted by Gasteiger charge is 2.14. The molecule has 0 bridgehead atoms. The van der Waals surface area contributed by atoms with Gasteiger partial charge in [-0.3, -0.25) is 4.98 Å². The summed E-state index contributed by atoms with van der Waals surface area (Å²) >= 11 is 0. The molecule has 0 amide bonds. The molecule has 0 saturated heterocycles. The van der Waals surface area contributed by atoms with Gasteiger partial charge in [0.15, 0.2) is 0 Å². The van der Waals surface area contributed by atoms with E-state index in [1.54, 1.807) is 0 Å². The van der Waals surface area contributed by atoms with Gasteiger partial charge in [0.2, 0.25) is 0 Å². The molecule has 31 heavy (non-hydrogen) atoms. The zero-order valence-corrected chi connectivity index (χ0v) is 16.8. The molecule has 0 saturated carbocycles. The molecule has 0 radical (unpaired) electrons. The average Bonchev–Trinajstić information content (AvgIpc) is 3.24. The minimum Gasteiger partial charge on any atom is -0.354 e. The first-order valence-electron chi connectivity index (χ1n) is 10.4. The summed E-state index contributed by atoms with van der Waals surface area (Å²) in [6.45, 7) is 0. The van der Waals surface area contributed by atoms with Crippen LogP contribution in [-0.2, 0) is 0 Å². The Hall–Kier alpha value is -4.24. The Labute approximate surface area is 180 Å². The first kappa shape index (κ1) is 17.6. The van der Waals surface area contributed by atoms with Gasteiger partial charge in [-0.15, -0.1) is 0 Å². The third kappa shape index (κ3) is 3.08. The van der Waals surface area contributed by atoms with Crippen molar-refractivity contribution in [3.8, 4) is 33.8 Å². The van der Waals surface area contributed by atoms with E-state index in [1.807, 2.05) is 30.5 Å². The van der Waals surface area contributed by atoms with E-state index < -0.39 is 0 Å². The van der Waals surface area contributed by atoms with Crippen molar-refractivity contribution in [2.45, 2.75) is 0 Å². The summed E-state index contributed by atoms with van der Waals surface area (Å²) < 4.78 is 0. The number of aromatic amines is 1. The number of hydrogen-bond donors (Lipinski definition) is 1. The quantitative estimate of drug-likeness (QED) is 0.346. The van der Waals surface area contributed by atoms with Crippen LogP contribution in [0.4, 0.5) is 0 Å². The molecule has 3 heterocycles. The molecular weight excluding hydrogens is 378 g/mol. The zero-order chi connectivity index (χ0) is 20.6. The summed E-state index contributed by atoms with van der Waals surface area (Å²) in [4.78, 5) is 13.2. The number of para-hydroxylation sites is 2. The van der Waals surface area contributed by atoms with Crippen molar-refractivity contribution in [1.29, 1.82) is 0 Å². The highest BCUT2D eigenvalue weighted by Crippen LogP contribution is 2.35. The Bertz CT molecular complexity index is 1460. The number of rotatable bonds is 3. The van der Waals surface area contributed by atoms with E-state index in [-0.39, 0.29) is 0 Å². The Balaban J connectivity index is 1.63. The molecular formula is C28H19N3. The SMILES string of the molecule is c1ccc(-c2cc(-c3ccccn3)nc(-c3cccc4c3[nH]c3ccccc34)c2)cc1. The van der Waals surface area contributed by atoms with E-state index in [0.29, 0.717) is 0 Å². The maximum atomic E-state index is 5.04. The molecule has 6 rings (SSSR count). The molecule has 3 aromatic carbocycles. The number of fused-ring (bicyclic) bond motifs is 3. The number of pyridine rings is 2. The lowest BCUT2D eigenvalue weighted by molar-refractivity contribution is 1.25. The van der Waals surface area contributed by atoms with Crippen LogP contribution in [0.1, 0.15) is 0 Å². The topological polar surface area (TPSA) is 41.6 Å². The summed E-state index contributed by atoms with van der Waals surface area (Å²) in [6.07, 6.45) is 1.81. The molecule has 0 aliphatic heterocycles. The Morgan fingerprint density at radius 3 is 2.19 bits per heavy atom. The van der Waals surface area contributed by atoms with Crippen molar-refractivity contribution in [3.05, 3.63) is 109 Å². The fourth-order valence-electron chi connectivity index (χ4n) is 4.20. The molecule has 6 aromatic rings. The molecule has 0 fully saturated rings. The molecule has 1 N–H and O–H groups in total. The minimum absolute atomic E-state index is 0.866. The number of nitrogens with one attached hydrogen (secondary N) is 1. The fraction of sp³-hybridized carbons (Fsp3) is 0. The molecule has 3 nitrogen and oxygen atoms in total. The van der Waals surface area contributed by atoms with Crippen molar-refractivity contribution < 1.29 is 0 Å². The predicted molar refractivity (Wildman–Crippen MR) is 128 cm³/mol. The van der Waals surface area contributed by atoms with Crippen molar-refractivity contribution >= 4 is 21.8 Å². The van der Waals surface area contributed by atoms with Crippen LogP contribution >= 0.6 is 0 Å². The summed E-state index contributed by atoms with van der Waals surface area (Å²) in [6, 6.07) is 35.5. The number of benzene rings is 3. The molecule has 3 heteroatoms. The van der Waals surface area contributed by atoms with Gasteiger partial charge in [-0.05, 0) is 41.5 Å². The lowest BCUT2D eigenvalue weighted by atomic mass is 10.00. The number of aromatic nitrogens is 3. The van der Waals surface area contributed by atoms with Crippen LogP contribution in [0.2, 0.25) is 0 Å². The van der Waals surface area contributed by atoms with Crippen molar-refractivity contribution in [2.24, 2.45) is 0 Å². The van der Waals surface area contributed by atoms with Gasteiger partial charge in [-0.1, -0.05) is 72.8 Å². The van der Waals surface area contributed by atoms with Crippen molar-refractivity contribution in [1.82, 2.24) is 15.0 Å². The normalized spacial score (nSPS) is 11.2. The largest absolute Gasteiger partial charge is 0.354 e. The number of hydrogen-bond acceptors (Lipinski definition) is 2. The third-order valence-corrected chi connectivity index (χ3v) is 5.68. The second-order valence-corrected chi connectivity index (χ2v) is 7.61. The standard InChI is InChI=1S/C28H19N3/c1-2-9-19(10-3-1)20-17-26(30-27(18-20)25-15-6-7-16-29-25)23-13-8-12-22-21-11-4-5-14-24(21)31-28(22)23/h1-18,31H. The highest BCUT2D eigenvalue weighted by molar-refractivity contribution is 6.11. The van der Waals surface area contributed by atoms with E-state index >= 15 is 0 Å². The van der Waals surface area contributed by atoms with Crippen molar-refractivity contribution in [2.75, 3.05) is 0 Å². The molecule has 3 aromatic heterocycles. The summed E-state index contributed by atoms with van der Waals surface area (Å²) in [5, 5.41) is 2.43. The molecule has 0 aliphatic rings. The molecule has 0 unspecified atom stereocenters. The second-order valence-electron chi connectivity index (χ2n) is 7.61. The fourth-order valence-corrected chi connectivity index (χ4v) is 4.20. The third-order valence-electron chi connectivity index (χ3n) is 5.68. The average molecular weight is 397 g/mol. The molecule has 0 spiro atoms. The van der Waals surface area contributed by atoms with E-state index in [2.05, 4.69) is 88.8 Å². The van der Waals surface area contributed by atoms with Crippen molar-refractivity contribution in [3.63, 3.8) is 0 Å². The lowest BCUT2D eigenvalue weighted by Gasteiger charge is -2.10. The van der Waals surface area contributed by atoms with Gasteiger partial charge in [0.05, 0.1) is 22.6 Å². The maximum absolute atomic E-state index is 5.04. The predicted octanol–water partition coefficient (Wildman–Crippen LogP) is 7.11. The first-order chi connectivity index (χ1) is 15.4. The smallest absolute Gasteiger partial charge is 0.0899 e.